The van der Waals surface area contributed by atoms with Crippen LogP contribution >= 0.6 is 15.9 Å². The second-order valence-corrected chi connectivity index (χ2v) is 5.54. The minimum Gasteiger partial charge on any atom is -0.379 e. The first kappa shape index (κ1) is 13.9. The van der Waals surface area contributed by atoms with Crippen molar-refractivity contribution in [1.82, 2.24) is 4.98 Å². The van der Waals surface area contributed by atoms with Crippen molar-refractivity contribution < 1.29 is 8.78 Å². The molecule has 0 saturated heterocycles. The molecule has 0 aliphatic carbocycles. The van der Waals surface area contributed by atoms with Gasteiger partial charge in [0.25, 0.3) is 0 Å². The molecule has 106 valence electrons. The van der Waals surface area contributed by atoms with Crippen molar-refractivity contribution >= 4 is 32.5 Å². The average Bonchev–Trinajstić information content (AvgIpc) is 2.46. The van der Waals surface area contributed by atoms with Crippen LogP contribution < -0.4 is 5.32 Å². The number of fused-ring (bicyclic) bond motifs is 1. The molecule has 0 saturated carbocycles. The fourth-order valence-electron chi connectivity index (χ4n) is 2.13. The van der Waals surface area contributed by atoms with Crippen molar-refractivity contribution in [3.05, 3.63) is 70.3 Å². The number of nitrogens with zero attached hydrogens (tertiary/aromatic N) is 1. The van der Waals surface area contributed by atoms with Gasteiger partial charge in [-0.2, -0.15) is 0 Å². The topological polar surface area (TPSA) is 24.9 Å². The van der Waals surface area contributed by atoms with Gasteiger partial charge in [-0.1, -0.05) is 18.2 Å². The first-order valence-corrected chi connectivity index (χ1v) is 7.15. The number of hydrogen-bond acceptors (Lipinski definition) is 2. The standard InChI is InChI=1S/C16H11BrF2N2/c17-12-6-10-2-1-3-15(16(10)21-9-12)20-8-11-4-5-13(18)7-14(11)19/h1-7,9,20H,8H2. The van der Waals surface area contributed by atoms with Crippen LogP contribution in [0.25, 0.3) is 10.9 Å². The van der Waals surface area contributed by atoms with Crippen molar-refractivity contribution in [1.29, 1.82) is 0 Å². The summed E-state index contributed by atoms with van der Waals surface area (Å²) >= 11 is 3.38. The van der Waals surface area contributed by atoms with Gasteiger partial charge in [-0.15, -0.1) is 0 Å². The van der Waals surface area contributed by atoms with Gasteiger partial charge >= 0.3 is 0 Å². The average molecular weight is 349 g/mol. The van der Waals surface area contributed by atoms with Gasteiger partial charge in [0.15, 0.2) is 0 Å². The van der Waals surface area contributed by atoms with Crippen LogP contribution in [-0.4, -0.2) is 4.98 Å². The van der Waals surface area contributed by atoms with Gasteiger partial charge in [0.2, 0.25) is 0 Å². The Morgan fingerprint density at radius 3 is 2.76 bits per heavy atom. The van der Waals surface area contributed by atoms with E-state index in [0.717, 1.165) is 27.1 Å². The van der Waals surface area contributed by atoms with E-state index in [2.05, 4.69) is 26.2 Å². The highest BCUT2D eigenvalue weighted by molar-refractivity contribution is 9.10. The maximum atomic E-state index is 13.6. The third-order valence-corrected chi connectivity index (χ3v) is 3.60. The summed E-state index contributed by atoms with van der Waals surface area (Å²) in [6.45, 7) is 0.267. The fraction of sp³-hybridized carbons (Fsp3) is 0.0625. The summed E-state index contributed by atoms with van der Waals surface area (Å²) in [6.07, 6.45) is 1.71. The maximum Gasteiger partial charge on any atom is 0.131 e. The lowest BCUT2D eigenvalue weighted by Gasteiger charge is -2.10. The molecular formula is C16H11BrF2N2. The van der Waals surface area contributed by atoms with Crippen LogP contribution in [-0.2, 0) is 6.54 Å². The van der Waals surface area contributed by atoms with E-state index in [0.29, 0.717) is 5.56 Å². The molecule has 0 aliphatic rings. The highest BCUT2D eigenvalue weighted by Gasteiger charge is 2.06. The van der Waals surface area contributed by atoms with Crippen LogP contribution in [0.1, 0.15) is 5.56 Å². The summed E-state index contributed by atoms with van der Waals surface area (Å²) in [6, 6.07) is 11.3. The van der Waals surface area contributed by atoms with Gasteiger partial charge in [-0.3, -0.25) is 4.98 Å². The number of para-hydroxylation sites is 1. The van der Waals surface area contributed by atoms with E-state index < -0.39 is 11.6 Å². The van der Waals surface area contributed by atoms with Crippen LogP contribution in [0.4, 0.5) is 14.5 Å². The molecule has 0 spiro atoms. The van der Waals surface area contributed by atoms with Crippen molar-refractivity contribution in [2.24, 2.45) is 0 Å². The van der Waals surface area contributed by atoms with Crippen LogP contribution in [0.3, 0.4) is 0 Å². The Hall–Kier alpha value is -2.01. The molecule has 0 atom stereocenters. The van der Waals surface area contributed by atoms with Crippen LogP contribution in [0, 0.1) is 11.6 Å². The summed E-state index contributed by atoms with van der Waals surface area (Å²) in [5, 5.41) is 4.12. The van der Waals surface area contributed by atoms with Gasteiger partial charge in [0, 0.05) is 34.2 Å². The van der Waals surface area contributed by atoms with E-state index in [-0.39, 0.29) is 6.54 Å². The smallest absolute Gasteiger partial charge is 0.131 e. The molecule has 3 rings (SSSR count). The van der Waals surface area contributed by atoms with E-state index in [1.165, 1.54) is 12.1 Å². The zero-order chi connectivity index (χ0) is 14.8. The largest absolute Gasteiger partial charge is 0.379 e. The summed E-state index contributed by atoms with van der Waals surface area (Å²) in [7, 11) is 0. The van der Waals surface area contributed by atoms with Gasteiger partial charge < -0.3 is 5.32 Å². The van der Waals surface area contributed by atoms with Gasteiger partial charge in [-0.25, -0.2) is 8.78 Å². The molecule has 1 aromatic heterocycles. The number of anilines is 1. The fourth-order valence-corrected chi connectivity index (χ4v) is 2.48. The first-order chi connectivity index (χ1) is 10.1. The predicted molar refractivity (Wildman–Crippen MR) is 83.1 cm³/mol. The van der Waals surface area contributed by atoms with Crippen molar-refractivity contribution in [3.8, 4) is 0 Å². The summed E-state index contributed by atoms with van der Waals surface area (Å²) < 4.78 is 27.4. The minimum absolute atomic E-state index is 0.267. The zero-order valence-electron chi connectivity index (χ0n) is 10.9. The lowest BCUT2D eigenvalue weighted by Crippen LogP contribution is -2.03. The number of nitrogens with one attached hydrogen (secondary N) is 1. The second-order valence-electron chi connectivity index (χ2n) is 4.62. The normalized spacial score (nSPS) is 10.8. The molecule has 1 heterocycles. The molecule has 21 heavy (non-hydrogen) atoms. The Kier molecular flexibility index (Phi) is 3.84. The van der Waals surface area contributed by atoms with E-state index in [4.69, 9.17) is 0 Å². The quantitative estimate of drug-likeness (QED) is 0.728. The highest BCUT2D eigenvalue weighted by Crippen LogP contribution is 2.24. The van der Waals surface area contributed by atoms with Gasteiger partial charge in [0.05, 0.1) is 11.2 Å². The second kappa shape index (κ2) is 5.77. The molecule has 2 aromatic carbocycles. The summed E-state index contributed by atoms with van der Waals surface area (Å²) in [5.41, 5.74) is 2.03. The first-order valence-electron chi connectivity index (χ1n) is 6.35. The van der Waals surface area contributed by atoms with Crippen LogP contribution in [0.15, 0.2) is 53.1 Å². The molecular weight excluding hydrogens is 338 g/mol. The van der Waals surface area contributed by atoms with Crippen LogP contribution in [0.2, 0.25) is 0 Å². The monoisotopic (exact) mass is 348 g/mol. The minimum atomic E-state index is -0.576. The number of aromatic nitrogens is 1. The lowest BCUT2D eigenvalue weighted by molar-refractivity contribution is 0.574. The Bertz CT molecular complexity index is 805. The molecule has 0 aliphatic heterocycles. The molecule has 0 bridgehead atoms. The number of benzene rings is 2. The number of pyridine rings is 1. The SMILES string of the molecule is Fc1ccc(CNc2cccc3cc(Br)cnc23)c(F)c1. The van der Waals surface area contributed by atoms with Crippen molar-refractivity contribution in [2.45, 2.75) is 6.54 Å². The molecule has 0 fully saturated rings. The summed E-state index contributed by atoms with van der Waals surface area (Å²) in [5.74, 6) is -1.13. The third kappa shape index (κ3) is 3.03. The Balaban J connectivity index is 1.88. The van der Waals surface area contributed by atoms with E-state index in [9.17, 15) is 8.78 Å². The van der Waals surface area contributed by atoms with E-state index in [1.54, 1.807) is 6.20 Å². The van der Waals surface area contributed by atoms with E-state index >= 15 is 0 Å². The predicted octanol–water partition coefficient (Wildman–Crippen LogP) is 4.89. The number of hydrogen-bond donors (Lipinski definition) is 1. The molecule has 0 amide bonds. The zero-order valence-corrected chi connectivity index (χ0v) is 12.5. The molecule has 1 N–H and O–H groups in total. The maximum absolute atomic E-state index is 13.6. The third-order valence-electron chi connectivity index (χ3n) is 3.16. The van der Waals surface area contributed by atoms with Crippen LogP contribution in [0.5, 0.6) is 0 Å². The number of halogens is 3. The molecule has 3 aromatic rings. The highest BCUT2D eigenvalue weighted by atomic mass is 79.9. The summed E-state index contributed by atoms with van der Waals surface area (Å²) in [4.78, 5) is 4.37. The Labute approximate surface area is 129 Å². The lowest BCUT2D eigenvalue weighted by atomic mass is 10.1. The molecule has 2 nitrogen and oxygen atoms in total. The molecule has 0 unspecified atom stereocenters. The van der Waals surface area contributed by atoms with Crippen molar-refractivity contribution in [2.75, 3.05) is 5.32 Å². The number of rotatable bonds is 3. The molecule has 0 radical (unpaired) electrons. The Morgan fingerprint density at radius 1 is 1.10 bits per heavy atom. The molecule has 5 heteroatoms. The van der Waals surface area contributed by atoms with Crippen molar-refractivity contribution in [3.63, 3.8) is 0 Å². The van der Waals surface area contributed by atoms with Gasteiger partial charge in [-0.05, 0) is 34.1 Å². The Morgan fingerprint density at radius 2 is 1.95 bits per heavy atom. The van der Waals surface area contributed by atoms with E-state index in [1.807, 2.05) is 24.3 Å². The van der Waals surface area contributed by atoms with Gasteiger partial charge in [0.1, 0.15) is 11.6 Å².